The molecule has 0 aromatic heterocycles. The minimum atomic E-state index is -0.467. The molecular weight excluding hydrogens is 235 g/mol. The largest absolute Gasteiger partial charge is 0.494 e. The normalized spacial score (nSPS) is 23.1. The van der Waals surface area contributed by atoms with Crippen LogP contribution in [0, 0.1) is 11.7 Å². The number of aliphatic hydroxyl groups excluding tert-OH is 1. The van der Waals surface area contributed by atoms with E-state index < -0.39 is 5.82 Å². The molecule has 0 saturated heterocycles. The molecule has 5 heteroatoms. The first-order chi connectivity index (χ1) is 8.65. The first-order valence-electron chi connectivity index (χ1n) is 6.16. The van der Waals surface area contributed by atoms with Gasteiger partial charge in [-0.3, -0.25) is 0 Å². The molecule has 0 radical (unpaired) electrons. The van der Waals surface area contributed by atoms with Crippen molar-refractivity contribution in [2.45, 2.75) is 25.3 Å². The van der Waals surface area contributed by atoms with Crippen LogP contribution in [0.1, 0.15) is 19.3 Å². The van der Waals surface area contributed by atoms with E-state index in [1.807, 2.05) is 0 Å². The van der Waals surface area contributed by atoms with Crippen LogP contribution < -0.4 is 15.8 Å². The number of ether oxygens (including phenoxy) is 1. The third-order valence-corrected chi connectivity index (χ3v) is 3.56. The highest BCUT2D eigenvalue weighted by Crippen LogP contribution is 2.33. The zero-order chi connectivity index (χ0) is 13.1. The lowest BCUT2D eigenvalue weighted by molar-refractivity contribution is 0.222. The summed E-state index contributed by atoms with van der Waals surface area (Å²) >= 11 is 0. The summed E-state index contributed by atoms with van der Waals surface area (Å²) < 4.78 is 18.4. The fraction of sp³-hybridized carbons (Fsp3) is 0.538. The minimum Gasteiger partial charge on any atom is -0.494 e. The Balaban J connectivity index is 2.18. The highest BCUT2D eigenvalue weighted by Gasteiger charge is 2.27. The first kappa shape index (κ1) is 13.0. The zero-order valence-corrected chi connectivity index (χ0v) is 10.4. The molecule has 1 fully saturated rings. The molecule has 2 rings (SSSR count). The number of anilines is 2. The smallest absolute Gasteiger partial charge is 0.167 e. The molecule has 100 valence electrons. The van der Waals surface area contributed by atoms with E-state index in [2.05, 4.69) is 5.32 Å². The number of halogens is 1. The molecule has 4 nitrogen and oxygen atoms in total. The third-order valence-electron chi connectivity index (χ3n) is 3.56. The predicted octanol–water partition coefficient (Wildman–Crippen LogP) is 1.99. The molecule has 2 unspecified atom stereocenters. The van der Waals surface area contributed by atoms with Crippen molar-refractivity contribution in [3.8, 4) is 5.75 Å². The van der Waals surface area contributed by atoms with E-state index >= 15 is 0 Å². The summed E-state index contributed by atoms with van der Waals surface area (Å²) in [6, 6.07) is 3.01. The SMILES string of the molecule is COc1cc(NC2CCCC2CO)c(N)cc1F. The molecule has 18 heavy (non-hydrogen) atoms. The average Bonchev–Trinajstić information content (AvgIpc) is 2.79. The number of nitrogens with one attached hydrogen (secondary N) is 1. The first-order valence-corrected chi connectivity index (χ1v) is 6.16. The molecule has 1 aliphatic carbocycles. The van der Waals surface area contributed by atoms with E-state index in [4.69, 9.17) is 10.5 Å². The van der Waals surface area contributed by atoms with Gasteiger partial charge in [-0.05, 0) is 12.8 Å². The highest BCUT2D eigenvalue weighted by atomic mass is 19.1. The maximum atomic E-state index is 13.4. The third kappa shape index (κ3) is 2.51. The molecule has 1 aliphatic rings. The van der Waals surface area contributed by atoms with Crippen molar-refractivity contribution in [2.75, 3.05) is 24.8 Å². The van der Waals surface area contributed by atoms with Gasteiger partial charge in [0.15, 0.2) is 11.6 Å². The van der Waals surface area contributed by atoms with E-state index in [9.17, 15) is 9.50 Å². The van der Waals surface area contributed by atoms with E-state index in [1.54, 1.807) is 6.07 Å². The molecule has 0 heterocycles. The number of hydrogen-bond acceptors (Lipinski definition) is 4. The summed E-state index contributed by atoms with van der Waals surface area (Å²) in [6.45, 7) is 0.163. The van der Waals surface area contributed by atoms with Crippen molar-refractivity contribution in [1.29, 1.82) is 0 Å². The van der Waals surface area contributed by atoms with Crippen LogP contribution in [0.4, 0.5) is 15.8 Å². The summed E-state index contributed by atoms with van der Waals surface area (Å²) in [5.74, 6) is -0.0589. The number of nitrogens with two attached hydrogens (primary N) is 1. The lowest BCUT2D eigenvalue weighted by Gasteiger charge is -2.21. The molecule has 0 spiro atoms. The van der Waals surface area contributed by atoms with Gasteiger partial charge < -0.3 is 20.9 Å². The van der Waals surface area contributed by atoms with E-state index in [1.165, 1.54) is 13.2 Å². The van der Waals surface area contributed by atoms with Gasteiger partial charge in [0, 0.05) is 30.7 Å². The van der Waals surface area contributed by atoms with Crippen LogP contribution in [-0.4, -0.2) is 24.9 Å². The second-order valence-corrected chi connectivity index (χ2v) is 4.70. The molecule has 1 saturated carbocycles. The molecule has 0 aliphatic heterocycles. The predicted molar refractivity (Wildman–Crippen MR) is 69.2 cm³/mol. The average molecular weight is 254 g/mol. The Morgan fingerprint density at radius 2 is 2.28 bits per heavy atom. The van der Waals surface area contributed by atoms with Crippen molar-refractivity contribution in [1.82, 2.24) is 0 Å². The fourth-order valence-corrected chi connectivity index (χ4v) is 2.50. The van der Waals surface area contributed by atoms with Crippen molar-refractivity contribution in [3.63, 3.8) is 0 Å². The Kier molecular flexibility index (Phi) is 3.91. The van der Waals surface area contributed by atoms with Crippen LogP contribution in [0.25, 0.3) is 0 Å². The van der Waals surface area contributed by atoms with Gasteiger partial charge in [-0.25, -0.2) is 4.39 Å². The maximum absolute atomic E-state index is 13.4. The lowest BCUT2D eigenvalue weighted by atomic mass is 10.0. The zero-order valence-electron chi connectivity index (χ0n) is 10.4. The van der Waals surface area contributed by atoms with Gasteiger partial charge in [-0.1, -0.05) is 6.42 Å². The van der Waals surface area contributed by atoms with Crippen molar-refractivity contribution < 1.29 is 14.2 Å². The summed E-state index contributed by atoms with van der Waals surface area (Å²) in [5.41, 5.74) is 6.81. The highest BCUT2D eigenvalue weighted by molar-refractivity contribution is 5.69. The Labute approximate surface area is 106 Å². The number of hydrogen-bond donors (Lipinski definition) is 3. The van der Waals surface area contributed by atoms with Gasteiger partial charge in [0.25, 0.3) is 0 Å². The number of nitrogen functional groups attached to an aromatic ring is 1. The van der Waals surface area contributed by atoms with Gasteiger partial charge in [0.2, 0.25) is 0 Å². The van der Waals surface area contributed by atoms with Crippen LogP contribution in [0.2, 0.25) is 0 Å². The van der Waals surface area contributed by atoms with E-state index in [-0.39, 0.29) is 24.3 Å². The lowest BCUT2D eigenvalue weighted by Crippen LogP contribution is -2.26. The maximum Gasteiger partial charge on any atom is 0.167 e. The van der Waals surface area contributed by atoms with Gasteiger partial charge in [-0.15, -0.1) is 0 Å². The van der Waals surface area contributed by atoms with Crippen molar-refractivity contribution in [2.24, 2.45) is 5.92 Å². The molecule has 0 amide bonds. The van der Waals surface area contributed by atoms with E-state index in [0.29, 0.717) is 11.4 Å². The van der Waals surface area contributed by atoms with Crippen LogP contribution in [0.3, 0.4) is 0 Å². The number of benzene rings is 1. The minimum absolute atomic E-state index is 0.163. The van der Waals surface area contributed by atoms with Crippen LogP contribution in [0.5, 0.6) is 5.75 Å². The van der Waals surface area contributed by atoms with Gasteiger partial charge >= 0.3 is 0 Å². The van der Waals surface area contributed by atoms with Crippen molar-refractivity contribution >= 4 is 11.4 Å². The molecule has 4 N–H and O–H groups in total. The second kappa shape index (κ2) is 5.44. The van der Waals surface area contributed by atoms with Gasteiger partial charge in [0.05, 0.1) is 18.5 Å². The molecule has 1 aromatic rings. The fourth-order valence-electron chi connectivity index (χ4n) is 2.50. The molecule has 1 aromatic carbocycles. The Bertz CT molecular complexity index is 426. The van der Waals surface area contributed by atoms with Crippen LogP contribution in [0.15, 0.2) is 12.1 Å². The topological polar surface area (TPSA) is 67.5 Å². The Morgan fingerprint density at radius 3 is 2.94 bits per heavy atom. The summed E-state index contributed by atoms with van der Waals surface area (Å²) in [6.07, 6.45) is 3.08. The quantitative estimate of drug-likeness (QED) is 0.719. The van der Waals surface area contributed by atoms with Crippen LogP contribution >= 0.6 is 0 Å². The van der Waals surface area contributed by atoms with Crippen molar-refractivity contribution in [3.05, 3.63) is 17.9 Å². The molecule has 0 bridgehead atoms. The summed E-state index contributed by atoms with van der Waals surface area (Å²) in [4.78, 5) is 0. The second-order valence-electron chi connectivity index (χ2n) is 4.70. The molecular formula is C13H19FN2O2. The molecule has 2 atom stereocenters. The summed E-state index contributed by atoms with van der Waals surface area (Å²) in [5, 5.41) is 12.6. The number of aliphatic hydroxyl groups is 1. The standard InChI is InChI=1S/C13H19FN2O2/c1-18-13-6-12(10(15)5-9(13)14)16-11-4-2-3-8(11)7-17/h5-6,8,11,16-17H,2-4,7,15H2,1H3. The van der Waals surface area contributed by atoms with E-state index in [0.717, 1.165) is 19.3 Å². The van der Waals surface area contributed by atoms with Crippen LogP contribution in [-0.2, 0) is 0 Å². The monoisotopic (exact) mass is 254 g/mol. The Morgan fingerprint density at radius 1 is 1.50 bits per heavy atom. The number of rotatable bonds is 4. The number of methoxy groups -OCH3 is 1. The Hall–Kier alpha value is -1.49. The van der Waals surface area contributed by atoms with Gasteiger partial charge in [-0.2, -0.15) is 0 Å². The van der Waals surface area contributed by atoms with Gasteiger partial charge in [0.1, 0.15) is 0 Å². The summed E-state index contributed by atoms with van der Waals surface area (Å²) in [7, 11) is 1.42.